The van der Waals surface area contributed by atoms with Gasteiger partial charge in [0, 0.05) is 43.9 Å². The van der Waals surface area contributed by atoms with Gasteiger partial charge in [0.1, 0.15) is 22.3 Å². The molecule has 0 saturated carbocycles. The van der Waals surface area contributed by atoms with Gasteiger partial charge in [-0.25, -0.2) is 0 Å². The van der Waals surface area contributed by atoms with Crippen LogP contribution in [0.5, 0.6) is 0 Å². The van der Waals surface area contributed by atoms with E-state index in [1.165, 1.54) is 10.8 Å². The highest BCUT2D eigenvalue weighted by molar-refractivity contribution is 6.16. The number of para-hydroxylation sites is 2. The van der Waals surface area contributed by atoms with Gasteiger partial charge in [0.05, 0.1) is 28.4 Å². The normalized spacial score (nSPS) is 12.4. The van der Waals surface area contributed by atoms with Crippen LogP contribution in [0.1, 0.15) is 18.1 Å². The second kappa shape index (κ2) is 10.8. The Balaban J connectivity index is 1.27. The first-order valence-corrected chi connectivity index (χ1v) is 16.0. The van der Waals surface area contributed by atoms with Crippen molar-refractivity contribution >= 4 is 71.3 Å². The molecule has 9 rings (SSSR count). The van der Waals surface area contributed by atoms with Crippen molar-refractivity contribution in [1.29, 1.82) is 5.26 Å². The van der Waals surface area contributed by atoms with Gasteiger partial charge < -0.3 is 13.4 Å². The molecule has 4 heteroatoms. The van der Waals surface area contributed by atoms with E-state index in [2.05, 4.69) is 108 Å². The molecule has 0 spiro atoms. The molecule has 0 aliphatic carbocycles. The molecule has 3 aromatic heterocycles. The third-order valence-electron chi connectivity index (χ3n) is 9.30. The molecule has 48 heavy (non-hydrogen) atoms. The molecule has 0 amide bonds. The summed E-state index contributed by atoms with van der Waals surface area (Å²) in [6, 6.07) is 42.0. The van der Waals surface area contributed by atoms with E-state index in [0.29, 0.717) is 5.56 Å². The molecule has 0 unspecified atom stereocenters. The number of allylic oxidation sites excluding steroid dienone is 5. The van der Waals surface area contributed by atoms with Gasteiger partial charge in [-0.15, -0.1) is 0 Å². The van der Waals surface area contributed by atoms with E-state index in [1.807, 2.05) is 55.5 Å². The number of hydrogen-bond donors (Lipinski definition) is 0. The van der Waals surface area contributed by atoms with Crippen molar-refractivity contribution in [3.63, 3.8) is 0 Å². The molecule has 3 heterocycles. The molecule has 6 aromatic carbocycles. The van der Waals surface area contributed by atoms with Crippen LogP contribution in [0.25, 0.3) is 88.1 Å². The number of nitrogens with zero attached hydrogens (tertiary/aromatic N) is 2. The van der Waals surface area contributed by atoms with E-state index in [1.54, 1.807) is 0 Å². The van der Waals surface area contributed by atoms with Crippen LogP contribution in [0.15, 0.2) is 155 Å². The zero-order chi connectivity index (χ0) is 32.4. The highest BCUT2D eigenvalue weighted by atomic mass is 16.3. The molecular formula is C44H28N2O2. The van der Waals surface area contributed by atoms with Crippen LogP contribution in [-0.4, -0.2) is 4.57 Å². The summed E-state index contributed by atoms with van der Waals surface area (Å²) in [4.78, 5) is 0. The molecule has 0 fully saturated rings. The lowest BCUT2D eigenvalue weighted by atomic mass is 9.98. The van der Waals surface area contributed by atoms with Crippen LogP contribution in [-0.2, 0) is 0 Å². The van der Waals surface area contributed by atoms with Crippen molar-refractivity contribution in [1.82, 2.24) is 4.57 Å². The average molecular weight is 617 g/mol. The summed E-state index contributed by atoms with van der Waals surface area (Å²) in [5, 5.41) is 16.4. The molecule has 4 nitrogen and oxygen atoms in total. The van der Waals surface area contributed by atoms with Gasteiger partial charge in [0.2, 0.25) is 0 Å². The largest absolute Gasteiger partial charge is 0.456 e. The molecule has 0 aliphatic rings. The Morgan fingerprint density at radius 2 is 1.31 bits per heavy atom. The lowest BCUT2D eigenvalue weighted by Crippen LogP contribution is -1.98. The van der Waals surface area contributed by atoms with Crippen molar-refractivity contribution in [2.75, 3.05) is 0 Å². The highest BCUT2D eigenvalue weighted by Crippen LogP contribution is 2.41. The van der Waals surface area contributed by atoms with Crippen LogP contribution in [0.4, 0.5) is 0 Å². The quantitative estimate of drug-likeness (QED) is 0.181. The van der Waals surface area contributed by atoms with Crippen LogP contribution < -0.4 is 0 Å². The van der Waals surface area contributed by atoms with Crippen molar-refractivity contribution < 1.29 is 8.83 Å². The van der Waals surface area contributed by atoms with Crippen LogP contribution >= 0.6 is 0 Å². The Kier molecular flexibility index (Phi) is 6.21. The Hall–Kier alpha value is -6.57. The van der Waals surface area contributed by atoms with Gasteiger partial charge in [-0.1, -0.05) is 85.5 Å². The maximum absolute atomic E-state index is 9.93. The topological polar surface area (TPSA) is 55.0 Å². The van der Waals surface area contributed by atoms with E-state index < -0.39 is 0 Å². The van der Waals surface area contributed by atoms with E-state index in [-0.39, 0.29) is 0 Å². The molecule has 0 saturated heterocycles. The highest BCUT2D eigenvalue weighted by Gasteiger charge is 2.19. The van der Waals surface area contributed by atoms with Gasteiger partial charge in [0.15, 0.2) is 0 Å². The van der Waals surface area contributed by atoms with Crippen molar-refractivity contribution in [3.8, 4) is 22.9 Å². The lowest BCUT2D eigenvalue weighted by molar-refractivity contribution is 0.656. The molecule has 9 aromatic rings. The maximum atomic E-state index is 9.93. The van der Waals surface area contributed by atoms with Gasteiger partial charge in [-0.2, -0.15) is 5.26 Å². The summed E-state index contributed by atoms with van der Waals surface area (Å²) in [5.74, 6) is 0. The fraction of sp³-hybridized carbons (Fsp3) is 0.0227. The Labute approximate surface area is 276 Å². The minimum atomic E-state index is 0.611. The number of benzene rings is 6. The number of hydrogen-bond acceptors (Lipinski definition) is 3. The number of aromatic nitrogens is 1. The predicted molar refractivity (Wildman–Crippen MR) is 198 cm³/mol. The summed E-state index contributed by atoms with van der Waals surface area (Å²) in [6.45, 7) is 5.91. The Morgan fingerprint density at radius 1 is 0.667 bits per heavy atom. The Bertz CT molecular complexity index is 2830. The molecule has 226 valence electrons. The van der Waals surface area contributed by atoms with Gasteiger partial charge >= 0.3 is 0 Å². The van der Waals surface area contributed by atoms with Crippen LogP contribution in [0.2, 0.25) is 0 Å². The van der Waals surface area contributed by atoms with Gasteiger partial charge in [0.25, 0.3) is 0 Å². The second-order valence-electron chi connectivity index (χ2n) is 12.0. The first-order chi connectivity index (χ1) is 23.6. The van der Waals surface area contributed by atoms with E-state index in [9.17, 15) is 5.26 Å². The van der Waals surface area contributed by atoms with Crippen LogP contribution in [0.3, 0.4) is 0 Å². The average Bonchev–Trinajstić information content (AvgIpc) is 3.78. The second-order valence-corrected chi connectivity index (χ2v) is 12.0. The van der Waals surface area contributed by atoms with Gasteiger partial charge in [-0.05, 0) is 78.2 Å². The van der Waals surface area contributed by atoms with Crippen LogP contribution in [0, 0.1) is 11.3 Å². The summed E-state index contributed by atoms with van der Waals surface area (Å²) in [6.07, 6.45) is 7.95. The number of nitriles is 1. The predicted octanol–water partition coefficient (Wildman–Crippen LogP) is 12.3. The van der Waals surface area contributed by atoms with Crippen molar-refractivity contribution in [2.24, 2.45) is 0 Å². The molecule has 0 aliphatic heterocycles. The fourth-order valence-corrected chi connectivity index (χ4v) is 7.16. The van der Waals surface area contributed by atoms with E-state index in [0.717, 1.165) is 82.9 Å². The van der Waals surface area contributed by atoms with E-state index in [4.69, 9.17) is 8.83 Å². The first kappa shape index (κ1) is 27.7. The van der Waals surface area contributed by atoms with Gasteiger partial charge in [-0.3, -0.25) is 0 Å². The van der Waals surface area contributed by atoms with E-state index >= 15 is 0 Å². The summed E-state index contributed by atoms with van der Waals surface area (Å²) in [7, 11) is 0. The maximum Gasteiger partial charge on any atom is 0.139 e. The molecular weight excluding hydrogens is 588 g/mol. The SMILES string of the molecule is C=C/C=C(\C=C/C)c1ccc2oc3cc4oc5ccc(-c6ccc(C#N)cc6-n6c7ccccc7c7ccccc76)cc5c4cc3c2c1. The smallest absolute Gasteiger partial charge is 0.139 e. The minimum Gasteiger partial charge on any atom is -0.456 e. The lowest BCUT2D eigenvalue weighted by Gasteiger charge is -2.15. The third-order valence-corrected chi connectivity index (χ3v) is 9.30. The Morgan fingerprint density at radius 3 is 1.98 bits per heavy atom. The summed E-state index contributed by atoms with van der Waals surface area (Å²) in [5.41, 5.74) is 11.2. The molecule has 0 bridgehead atoms. The molecule has 0 radical (unpaired) electrons. The first-order valence-electron chi connectivity index (χ1n) is 16.0. The number of fused-ring (bicyclic) bond motifs is 9. The molecule has 0 N–H and O–H groups in total. The number of rotatable bonds is 5. The number of furan rings is 2. The monoisotopic (exact) mass is 616 g/mol. The van der Waals surface area contributed by atoms with Crippen molar-refractivity contribution in [3.05, 3.63) is 157 Å². The molecule has 0 atom stereocenters. The van der Waals surface area contributed by atoms with Crippen molar-refractivity contribution in [2.45, 2.75) is 6.92 Å². The zero-order valence-electron chi connectivity index (χ0n) is 26.2. The zero-order valence-corrected chi connectivity index (χ0v) is 26.2. The fourth-order valence-electron chi connectivity index (χ4n) is 7.16. The standard InChI is InChI=1S/C44H28N2O2/c1-3-9-28(10-4-2)29-16-19-41-34(22-29)36-24-37-35-23-30(17-20-42(35)48-44(37)25-43(36)47-41)31-18-15-27(26-45)21-40(31)46-38-13-7-5-11-32(38)33-12-6-8-14-39(33)46/h3-25H,1H2,2H3/b10-4-,28-9+. The minimum absolute atomic E-state index is 0.611. The summed E-state index contributed by atoms with van der Waals surface area (Å²) < 4.78 is 15.0. The third kappa shape index (κ3) is 4.15. The summed E-state index contributed by atoms with van der Waals surface area (Å²) >= 11 is 0.